The lowest BCUT2D eigenvalue weighted by molar-refractivity contribution is 0.171. The number of nitrogens with one attached hydrogen (secondary N) is 1. The van der Waals surface area contributed by atoms with Gasteiger partial charge in [0.25, 0.3) is 5.56 Å². The summed E-state index contributed by atoms with van der Waals surface area (Å²) in [5, 5.41) is 14.1. The normalized spacial score (nSPS) is 19.7. The topological polar surface area (TPSA) is 79.7 Å². The van der Waals surface area contributed by atoms with Crippen LogP contribution in [0, 0.1) is 13.8 Å². The number of hydrogen-bond acceptors (Lipinski definition) is 5. The molecule has 1 aliphatic heterocycles. The van der Waals surface area contributed by atoms with Gasteiger partial charge in [0, 0.05) is 5.56 Å². The average molecular weight is 421 g/mol. The van der Waals surface area contributed by atoms with Gasteiger partial charge in [-0.25, -0.2) is 4.68 Å². The number of benzene rings is 1. The molecule has 5 rings (SSSR count). The van der Waals surface area contributed by atoms with Gasteiger partial charge in [-0.05, 0) is 86.1 Å². The van der Waals surface area contributed by atoms with Crippen LogP contribution >= 0.6 is 0 Å². The van der Waals surface area contributed by atoms with Crippen molar-refractivity contribution in [2.45, 2.75) is 77.3 Å². The van der Waals surface area contributed by atoms with E-state index in [1.54, 1.807) is 0 Å². The lowest BCUT2D eigenvalue weighted by Crippen LogP contribution is -2.39. The highest BCUT2D eigenvalue weighted by Gasteiger charge is 2.33. The van der Waals surface area contributed by atoms with Gasteiger partial charge in [0.15, 0.2) is 5.82 Å². The molecular formula is C24H32N6O. The first-order valence-corrected chi connectivity index (χ1v) is 11.8. The number of tetrazole rings is 1. The summed E-state index contributed by atoms with van der Waals surface area (Å²) in [5.74, 6) is 0.822. The van der Waals surface area contributed by atoms with Crippen LogP contribution in [0.15, 0.2) is 23.0 Å². The molecule has 0 amide bonds. The average Bonchev–Trinajstić information content (AvgIpc) is 3.26. The minimum absolute atomic E-state index is 0.0341. The van der Waals surface area contributed by atoms with Gasteiger partial charge in [0.2, 0.25) is 0 Å². The molecule has 2 fully saturated rings. The molecule has 0 bridgehead atoms. The van der Waals surface area contributed by atoms with Crippen LogP contribution < -0.4 is 5.56 Å². The van der Waals surface area contributed by atoms with Crippen molar-refractivity contribution < 1.29 is 0 Å². The van der Waals surface area contributed by atoms with E-state index in [0.29, 0.717) is 6.04 Å². The molecule has 3 aromatic rings. The Bertz CT molecular complexity index is 1120. The molecule has 1 aromatic carbocycles. The van der Waals surface area contributed by atoms with Crippen molar-refractivity contribution >= 4 is 10.9 Å². The molecule has 164 valence electrons. The van der Waals surface area contributed by atoms with E-state index < -0.39 is 0 Å². The van der Waals surface area contributed by atoms with Gasteiger partial charge in [0.05, 0.1) is 11.6 Å². The van der Waals surface area contributed by atoms with Crippen LogP contribution in [0.1, 0.15) is 86.0 Å². The Morgan fingerprint density at radius 1 is 1.00 bits per heavy atom. The summed E-state index contributed by atoms with van der Waals surface area (Å²) in [4.78, 5) is 19.0. The minimum atomic E-state index is -0.216. The SMILES string of the molecule is Cc1cc(C)c2[nH]c(=O)c([C@@H](c3nnnn3C3CCCCC3)N3CCCCC3)cc2c1. The zero-order valence-electron chi connectivity index (χ0n) is 18.6. The van der Waals surface area contributed by atoms with Gasteiger partial charge in [-0.2, -0.15) is 0 Å². The minimum Gasteiger partial charge on any atom is -0.321 e. The van der Waals surface area contributed by atoms with Crippen LogP contribution in [0.5, 0.6) is 0 Å². The Morgan fingerprint density at radius 2 is 1.74 bits per heavy atom. The van der Waals surface area contributed by atoms with Crippen LogP contribution in [0.2, 0.25) is 0 Å². The summed E-state index contributed by atoms with van der Waals surface area (Å²) < 4.78 is 2.03. The molecule has 0 unspecified atom stereocenters. The van der Waals surface area contributed by atoms with Crippen LogP contribution in [-0.2, 0) is 0 Å². The van der Waals surface area contributed by atoms with Crippen molar-refractivity contribution in [3.63, 3.8) is 0 Å². The number of nitrogens with zero attached hydrogens (tertiary/aromatic N) is 5. The Kier molecular flexibility index (Phi) is 5.61. The van der Waals surface area contributed by atoms with Gasteiger partial charge >= 0.3 is 0 Å². The molecule has 1 saturated carbocycles. The van der Waals surface area contributed by atoms with E-state index >= 15 is 0 Å². The molecule has 1 saturated heterocycles. The Morgan fingerprint density at radius 3 is 2.52 bits per heavy atom. The summed E-state index contributed by atoms with van der Waals surface area (Å²) >= 11 is 0. The maximum absolute atomic E-state index is 13.4. The van der Waals surface area contributed by atoms with Crippen LogP contribution in [0.3, 0.4) is 0 Å². The molecule has 0 spiro atoms. The molecule has 7 heteroatoms. The second-order valence-electron chi connectivity index (χ2n) is 9.37. The van der Waals surface area contributed by atoms with E-state index in [-0.39, 0.29) is 11.6 Å². The molecule has 0 radical (unpaired) electrons. The Balaban J connectivity index is 1.65. The number of aryl methyl sites for hydroxylation is 2. The summed E-state index contributed by atoms with van der Waals surface area (Å²) in [5.41, 5.74) is 3.94. The van der Waals surface area contributed by atoms with Crippen LogP contribution in [0.4, 0.5) is 0 Å². The van der Waals surface area contributed by atoms with Crippen LogP contribution in [0.25, 0.3) is 10.9 Å². The maximum Gasteiger partial charge on any atom is 0.253 e. The molecule has 1 atom stereocenters. The van der Waals surface area contributed by atoms with E-state index in [1.165, 1.54) is 31.2 Å². The number of rotatable bonds is 4. The monoisotopic (exact) mass is 420 g/mol. The second-order valence-corrected chi connectivity index (χ2v) is 9.37. The van der Waals surface area contributed by atoms with Crippen molar-refractivity contribution in [2.24, 2.45) is 0 Å². The van der Waals surface area contributed by atoms with Gasteiger partial charge in [0.1, 0.15) is 6.04 Å². The molecule has 1 aliphatic carbocycles. The number of hydrogen-bond donors (Lipinski definition) is 1. The second kappa shape index (κ2) is 8.54. The summed E-state index contributed by atoms with van der Waals surface area (Å²) in [6, 6.07) is 6.46. The largest absolute Gasteiger partial charge is 0.321 e. The molecule has 7 nitrogen and oxygen atoms in total. The van der Waals surface area contributed by atoms with E-state index in [1.807, 2.05) is 4.68 Å². The Labute approximate surface area is 182 Å². The van der Waals surface area contributed by atoms with Gasteiger partial charge < -0.3 is 4.98 Å². The predicted octanol–water partition coefficient (Wildman–Crippen LogP) is 4.21. The third-order valence-electron chi connectivity index (χ3n) is 7.06. The first-order chi connectivity index (χ1) is 15.1. The zero-order valence-corrected chi connectivity index (χ0v) is 18.6. The molecular weight excluding hydrogens is 388 g/mol. The summed E-state index contributed by atoms with van der Waals surface area (Å²) in [6.45, 7) is 6.08. The smallest absolute Gasteiger partial charge is 0.253 e. The fourth-order valence-corrected chi connectivity index (χ4v) is 5.55. The lowest BCUT2D eigenvalue weighted by Gasteiger charge is -2.34. The first-order valence-electron chi connectivity index (χ1n) is 11.8. The van der Waals surface area contributed by atoms with Gasteiger partial charge in [-0.15, -0.1) is 5.10 Å². The quantitative estimate of drug-likeness (QED) is 0.684. The summed E-state index contributed by atoms with van der Waals surface area (Å²) in [6.07, 6.45) is 9.46. The standard InChI is InChI=1S/C24H32N6O/c1-16-13-17(2)21-18(14-16)15-20(24(31)25-21)22(29-11-7-4-8-12-29)23-26-27-28-30(23)19-9-5-3-6-10-19/h13-15,19,22H,3-12H2,1-2H3,(H,25,31)/t22-/m0/s1. The zero-order chi connectivity index (χ0) is 21.4. The van der Waals surface area contributed by atoms with Crippen LogP contribution in [-0.4, -0.2) is 43.2 Å². The number of aromatic amines is 1. The van der Waals surface area contributed by atoms with E-state index in [9.17, 15) is 4.79 Å². The van der Waals surface area contributed by atoms with E-state index in [0.717, 1.165) is 66.6 Å². The fourth-order valence-electron chi connectivity index (χ4n) is 5.55. The van der Waals surface area contributed by atoms with Crippen molar-refractivity contribution in [1.82, 2.24) is 30.1 Å². The third-order valence-corrected chi connectivity index (χ3v) is 7.06. The van der Waals surface area contributed by atoms with Crippen molar-refractivity contribution in [1.29, 1.82) is 0 Å². The first kappa shape index (κ1) is 20.4. The number of piperidine rings is 1. The number of fused-ring (bicyclic) bond motifs is 1. The number of H-pyrrole nitrogens is 1. The third kappa shape index (κ3) is 3.91. The molecule has 1 N–H and O–H groups in total. The van der Waals surface area contributed by atoms with Gasteiger partial charge in [-0.1, -0.05) is 37.3 Å². The Hall–Kier alpha value is -2.54. The van der Waals surface area contributed by atoms with Gasteiger partial charge in [-0.3, -0.25) is 9.69 Å². The van der Waals surface area contributed by atoms with Crippen molar-refractivity contribution in [3.8, 4) is 0 Å². The molecule has 31 heavy (non-hydrogen) atoms. The predicted molar refractivity (Wildman–Crippen MR) is 121 cm³/mol. The van der Waals surface area contributed by atoms with E-state index in [2.05, 4.69) is 57.5 Å². The number of likely N-dealkylation sites (tertiary alicyclic amines) is 1. The van der Waals surface area contributed by atoms with Crippen molar-refractivity contribution in [2.75, 3.05) is 13.1 Å². The molecule has 2 aromatic heterocycles. The highest BCUT2D eigenvalue weighted by Crippen LogP contribution is 2.34. The lowest BCUT2D eigenvalue weighted by atomic mass is 9.94. The highest BCUT2D eigenvalue weighted by molar-refractivity contribution is 5.83. The fraction of sp³-hybridized carbons (Fsp3) is 0.583. The van der Waals surface area contributed by atoms with E-state index in [4.69, 9.17) is 0 Å². The maximum atomic E-state index is 13.4. The number of pyridine rings is 1. The highest BCUT2D eigenvalue weighted by atomic mass is 16.1. The van der Waals surface area contributed by atoms with Crippen molar-refractivity contribution in [3.05, 3.63) is 51.1 Å². The molecule has 2 aliphatic rings. The molecule has 3 heterocycles. The summed E-state index contributed by atoms with van der Waals surface area (Å²) in [7, 11) is 0. The number of aromatic nitrogens is 5.